The van der Waals surface area contributed by atoms with Gasteiger partial charge >= 0.3 is 0 Å². The average Bonchev–Trinajstić information content (AvgIpc) is 3.77. The van der Waals surface area contributed by atoms with Gasteiger partial charge in [-0.15, -0.1) is 0 Å². The van der Waals surface area contributed by atoms with Crippen LogP contribution < -0.4 is 15.4 Å². The molecule has 2 heterocycles. The first-order chi connectivity index (χ1) is 30.5. The molecule has 0 amide bonds. The van der Waals surface area contributed by atoms with Gasteiger partial charge < -0.3 is 25.0 Å². The lowest BCUT2D eigenvalue weighted by molar-refractivity contribution is -0.133. The van der Waals surface area contributed by atoms with Crippen LogP contribution in [0.15, 0.2) is 118 Å². The summed E-state index contributed by atoms with van der Waals surface area (Å²) in [6.07, 6.45) is 3.74. The van der Waals surface area contributed by atoms with Crippen molar-refractivity contribution in [2.75, 3.05) is 31.3 Å². The number of aliphatic hydroxyl groups is 1. The van der Waals surface area contributed by atoms with E-state index in [0.29, 0.717) is 76.4 Å². The summed E-state index contributed by atoms with van der Waals surface area (Å²) in [5.74, 6) is -0.0363. The number of nitrogens with zero attached hydrogens (tertiary/aromatic N) is 4. The number of rotatable bonds is 21. The lowest BCUT2D eigenvalue weighted by Gasteiger charge is -2.22. The zero-order valence-electron chi connectivity index (χ0n) is 36.5. The summed E-state index contributed by atoms with van der Waals surface area (Å²) < 4.78 is 63.6. The Balaban J connectivity index is 1.04. The van der Waals surface area contributed by atoms with Crippen LogP contribution in [-0.2, 0) is 37.4 Å². The van der Waals surface area contributed by atoms with Crippen LogP contribution in [-0.4, -0.2) is 79.7 Å². The van der Waals surface area contributed by atoms with Gasteiger partial charge in [0.2, 0.25) is 0 Å². The largest absolute Gasteiger partial charge is 0.494 e. The molecule has 0 fully saturated rings. The minimum Gasteiger partial charge on any atom is -0.494 e. The molecule has 0 unspecified atom stereocenters. The van der Waals surface area contributed by atoms with Crippen molar-refractivity contribution in [3.8, 4) is 39.7 Å². The van der Waals surface area contributed by atoms with Crippen LogP contribution >= 0.6 is 0 Å². The van der Waals surface area contributed by atoms with Gasteiger partial charge in [-0.2, -0.15) is 0 Å². The Morgan fingerprint density at radius 2 is 1.53 bits per heavy atom. The zero-order valence-corrected chi connectivity index (χ0v) is 38.1. The second kappa shape index (κ2) is 20.5. The highest BCUT2D eigenvalue weighted by molar-refractivity contribution is 7.92. The Morgan fingerprint density at radius 1 is 0.875 bits per heavy atom. The lowest BCUT2D eigenvalue weighted by Crippen LogP contribution is -2.43. The third kappa shape index (κ3) is 11.7. The van der Waals surface area contributed by atoms with Gasteiger partial charge in [0.1, 0.15) is 17.0 Å². The van der Waals surface area contributed by atoms with Crippen molar-refractivity contribution < 1.29 is 36.0 Å². The number of nitrogens with one attached hydrogen (secondary N) is 2. The highest BCUT2D eigenvalue weighted by atomic mass is 32.2. The Labute approximate surface area is 374 Å². The maximum Gasteiger partial charge on any atom is 0.190 e. The predicted molar refractivity (Wildman–Crippen MR) is 247 cm³/mol. The smallest absolute Gasteiger partial charge is 0.190 e. The van der Waals surface area contributed by atoms with E-state index in [0.717, 1.165) is 30.5 Å². The van der Waals surface area contributed by atoms with Crippen molar-refractivity contribution in [1.29, 1.82) is 0 Å². The lowest BCUT2D eigenvalue weighted by atomic mass is 9.96. The molecule has 0 aliphatic heterocycles. The number of carbonyl (C=O) groups is 1. The van der Waals surface area contributed by atoms with Gasteiger partial charge in [-0.3, -0.25) is 4.79 Å². The maximum absolute atomic E-state index is 13.2. The molecule has 6 rings (SSSR count). The number of aryl methyl sites for hydroxylation is 1. The molecule has 0 saturated heterocycles. The molecule has 0 aliphatic carbocycles. The summed E-state index contributed by atoms with van der Waals surface area (Å²) >= 11 is 0. The molecule has 64 heavy (non-hydrogen) atoms. The molecule has 0 aliphatic rings. The number of ketones is 1. The maximum atomic E-state index is 13.2. The van der Waals surface area contributed by atoms with E-state index in [1.54, 1.807) is 81.6 Å². The highest BCUT2D eigenvalue weighted by Crippen LogP contribution is 2.32. The number of carbonyl (C=O) groups excluding carboxylic acids is 1. The first-order valence-corrected chi connectivity index (χ1v) is 24.0. The fourth-order valence-electron chi connectivity index (χ4n) is 6.84. The number of unbranched alkanes of at least 4 members (excludes halogenated alkanes) is 2. The van der Waals surface area contributed by atoms with Gasteiger partial charge in [-0.1, -0.05) is 59.8 Å². The van der Waals surface area contributed by atoms with Gasteiger partial charge in [0, 0.05) is 36.7 Å². The topological polar surface area (TPSA) is 195 Å². The summed E-state index contributed by atoms with van der Waals surface area (Å²) in [5, 5.41) is 21.2. The Morgan fingerprint density at radius 3 is 2.19 bits per heavy atom. The van der Waals surface area contributed by atoms with E-state index in [9.17, 15) is 26.7 Å². The van der Waals surface area contributed by atoms with E-state index < -0.39 is 42.1 Å². The number of anilines is 1. The van der Waals surface area contributed by atoms with Crippen LogP contribution in [0.4, 0.5) is 11.5 Å². The van der Waals surface area contributed by atoms with Crippen LogP contribution in [0.5, 0.6) is 5.75 Å². The molecule has 334 valence electrons. The van der Waals surface area contributed by atoms with E-state index >= 15 is 0 Å². The standard InChI is InChI=1S/C48H52N6O8S2/c1-32(2)64(59,60)40-19-15-37(16-20-40)43-30-52-47(46(53-43)44-28-42(54-62-44)36-13-10-34(11-14-36)29-49-5)51-24-8-7-9-25-61-38-17-21-39(22-18-38)63(57,58)31-48(4,56)45(55)27-35-12-23-41(50-6)33(3)26-35/h10-23,26,28,30,32,49,56H,7-9,24-25,27,29,31H2,1-5H3,(H,51,52)/t48-/m0/s1. The molecule has 0 bridgehead atoms. The fourth-order valence-corrected chi connectivity index (χ4v) is 9.52. The molecule has 16 heteroatoms. The third-order valence-electron chi connectivity index (χ3n) is 10.6. The molecular weight excluding hydrogens is 853 g/mol. The fraction of sp³-hybridized carbons (Fsp3) is 0.312. The molecule has 0 saturated carbocycles. The van der Waals surface area contributed by atoms with Gasteiger partial charge in [0.25, 0.3) is 0 Å². The van der Waals surface area contributed by atoms with Crippen LogP contribution in [0.25, 0.3) is 38.8 Å². The Bertz CT molecular complexity index is 2840. The zero-order chi connectivity index (χ0) is 46.1. The van der Waals surface area contributed by atoms with E-state index in [-0.39, 0.29) is 16.2 Å². The van der Waals surface area contributed by atoms with E-state index in [1.165, 1.54) is 19.1 Å². The summed E-state index contributed by atoms with van der Waals surface area (Å²) in [4.78, 5) is 26.2. The quantitative estimate of drug-likeness (QED) is 0.0462. The minimum atomic E-state index is -4.03. The van der Waals surface area contributed by atoms with Crippen molar-refractivity contribution in [2.45, 2.75) is 80.6 Å². The number of sulfone groups is 2. The van der Waals surface area contributed by atoms with Gasteiger partial charge in [0.15, 0.2) is 48.4 Å². The summed E-state index contributed by atoms with van der Waals surface area (Å²) in [5.41, 5.74) is 3.93. The van der Waals surface area contributed by atoms with E-state index in [2.05, 4.69) is 20.6 Å². The third-order valence-corrected chi connectivity index (χ3v) is 14.7. The number of Topliss-reactive ketones (excluding diaryl/α,β-unsaturated/α-hetero) is 1. The molecule has 4 aromatic carbocycles. The Kier molecular flexibility index (Phi) is 15.1. The summed E-state index contributed by atoms with van der Waals surface area (Å²) in [6, 6.07) is 27.2. The molecular formula is C48H52N6O8S2. The first kappa shape index (κ1) is 47.2. The average molecular weight is 905 g/mol. The van der Waals surface area contributed by atoms with Crippen molar-refractivity contribution in [2.24, 2.45) is 0 Å². The van der Waals surface area contributed by atoms with Crippen LogP contribution in [0.1, 0.15) is 56.7 Å². The second-order valence-electron chi connectivity index (χ2n) is 16.0. The van der Waals surface area contributed by atoms with Gasteiger partial charge in [-0.05, 0) is 107 Å². The number of hydrogen-bond donors (Lipinski definition) is 3. The molecule has 6 aromatic rings. The molecule has 14 nitrogen and oxygen atoms in total. The van der Waals surface area contributed by atoms with Crippen LogP contribution in [0.2, 0.25) is 0 Å². The van der Waals surface area contributed by atoms with Crippen LogP contribution in [0.3, 0.4) is 0 Å². The van der Waals surface area contributed by atoms with E-state index in [4.69, 9.17) is 25.8 Å². The van der Waals surface area contributed by atoms with Crippen molar-refractivity contribution in [3.05, 3.63) is 131 Å². The van der Waals surface area contributed by atoms with Gasteiger partial charge in [0.05, 0.1) is 45.9 Å². The Hall–Kier alpha value is -6.25. The molecule has 3 N–H and O–H groups in total. The number of benzene rings is 4. The van der Waals surface area contributed by atoms with Crippen molar-refractivity contribution in [3.63, 3.8) is 0 Å². The van der Waals surface area contributed by atoms with Crippen LogP contribution in [0, 0.1) is 13.5 Å². The van der Waals surface area contributed by atoms with E-state index in [1.807, 2.05) is 37.4 Å². The molecule has 2 aromatic heterocycles. The summed E-state index contributed by atoms with van der Waals surface area (Å²) in [7, 11) is -5.57. The predicted octanol–water partition coefficient (Wildman–Crippen LogP) is 8.22. The molecule has 1 atom stereocenters. The normalized spacial score (nSPS) is 12.7. The van der Waals surface area contributed by atoms with Crippen molar-refractivity contribution in [1.82, 2.24) is 20.4 Å². The molecule has 0 radical (unpaired) electrons. The molecule has 0 spiro atoms. The first-order valence-electron chi connectivity index (χ1n) is 20.9. The summed E-state index contributed by atoms with van der Waals surface area (Å²) in [6.45, 7) is 15.1. The highest BCUT2D eigenvalue weighted by Gasteiger charge is 2.36. The SMILES string of the molecule is [C-]#[N+]c1ccc(CC(=O)[C@@](C)(O)CS(=O)(=O)c2ccc(OCCCCCNc3ncc(-c4ccc(S(=O)(=O)C(C)C)cc4)nc3-c3cc(-c4ccc(CNC)cc4)no3)cc2)cc1C. The second-order valence-corrected chi connectivity index (χ2v) is 20.5. The number of hydrogen-bond acceptors (Lipinski definition) is 13. The monoisotopic (exact) mass is 904 g/mol. The number of ether oxygens (including phenoxy) is 1. The number of aromatic nitrogens is 3. The minimum absolute atomic E-state index is 0.0397. The van der Waals surface area contributed by atoms with Crippen molar-refractivity contribution >= 4 is 37.0 Å². The van der Waals surface area contributed by atoms with Gasteiger partial charge in [-0.25, -0.2) is 31.6 Å².